The van der Waals surface area contributed by atoms with E-state index in [-0.39, 0.29) is 11.2 Å². The van der Waals surface area contributed by atoms with E-state index in [9.17, 15) is 0 Å². The van der Waals surface area contributed by atoms with Crippen molar-refractivity contribution in [2.75, 3.05) is 12.9 Å². The summed E-state index contributed by atoms with van der Waals surface area (Å²) < 4.78 is 5.46. The highest BCUT2D eigenvalue weighted by molar-refractivity contribution is 7.91. The van der Waals surface area contributed by atoms with Crippen molar-refractivity contribution >= 4 is 33.7 Å². The summed E-state index contributed by atoms with van der Waals surface area (Å²) in [6.45, 7) is 5.09. The fraction of sp³-hybridized carbons (Fsp3) is 0.226. The molecule has 0 aromatic heterocycles. The molecule has 0 spiro atoms. The molecule has 1 nitrogen and oxygen atoms in total. The zero-order valence-electron chi connectivity index (χ0n) is 20.8. The van der Waals surface area contributed by atoms with Gasteiger partial charge in [0.25, 0.3) is 0 Å². The Morgan fingerprint density at radius 2 is 0.971 bits per heavy atom. The van der Waals surface area contributed by atoms with Gasteiger partial charge in [-0.3, -0.25) is 0 Å². The van der Waals surface area contributed by atoms with E-state index in [1.807, 2.05) is 25.1 Å². The van der Waals surface area contributed by atoms with E-state index in [4.69, 9.17) is 4.18 Å². The maximum atomic E-state index is 5.46. The molecule has 0 amide bonds. The van der Waals surface area contributed by atoms with Crippen LogP contribution in [0.1, 0.15) is 26.7 Å². The van der Waals surface area contributed by atoms with Gasteiger partial charge in [0.15, 0.2) is 16.1 Å². The van der Waals surface area contributed by atoms with Gasteiger partial charge in [-0.15, -0.1) is 0 Å². The Labute approximate surface area is 209 Å². The number of hydrogen-bond acceptors (Lipinski definition) is 1. The van der Waals surface area contributed by atoms with Crippen molar-refractivity contribution in [3.05, 3.63) is 121 Å². The summed E-state index contributed by atoms with van der Waals surface area (Å²) in [7, 11) is 0. The van der Waals surface area contributed by atoms with Gasteiger partial charge in [-0.2, -0.15) is 26.9 Å². The van der Waals surface area contributed by atoms with Crippen LogP contribution in [0.4, 0.5) is 0 Å². The summed E-state index contributed by atoms with van der Waals surface area (Å²) in [6, 6.07) is 43.5. The molecule has 0 aliphatic rings. The van der Waals surface area contributed by atoms with Crippen LogP contribution in [0.15, 0.2) is 126 Å². The summed E-state index contributed by atoms with van der Waals surface area (Å²) in [6.07, 6.45) is 4.82. The van der Waals surface area contributed by atoms with Gasteiger partial charge in [0.2, 0.25) is 0 Å². The Morgan fingerprint density at radius 3 is 1.32 bits per heavy atom. The van der Waals surface area contributed by atoms with Crippen molar-refractivity contribution in [2.45, 2.75) is 37.9 Å². The fourth-order valence-corrected chi connectivity index (χ4v) is 5.82. The Morgan fingerprint density at radius 1 is 0.588 bits per heavy atom. The first-order valence-corrected chi connectivity index (χ1v) is 14.0. The van der Waals surface area contributed by atoms with Gasteiger partial charge in [-0.1, -0.05) is 129 Å². The molecule has 0 heterocycles. The van der Waals surface area contributed by atoms with E-state index in [0.29, 0.717) is 0 Å². The summed E-state index contributed by atoms with van der Waals surface area (Å²) in [4.78, 5) is 1.27. The lowest BCUT2D eigenvalue weighted by atomic mass is 9.14. The molecule has 0 aliphatic heterocycles. The lowest BCUT2D eigenvalue weighted by Gasteiger charge is -2.43. The quantitative estimate of drug-likeness (QED) is 0.210. The van der Waals surface area contributed by atoms with E-state index < -0.39 is 6.15 Å². The first kappa shape index (κ1) is 25.9. The van der Waals surface area contributed by atoms with Gasteiger partial charge in [0.1, 0.15) is 12.9 Å². The predicted molar refractivity (Wildman–Crippen MR) is 153 cm³/mol. The van der Waals surface area contributed by atoms with E-state index >= 15 is 0 Å². The molecule has 0 aliphatic carbocycles. The lowest BCUT2D eigenvalue weighted by molar-refractivity contribution is 0.390. The predicted octanol–water partition coefficient (Wildman–Crippen LogP) is 6.20. The van der Waals surface area contributed by atoms with Gasteiger partial charge in [0.05, 0.1) is 6.15 Å². The van der Waals surface area contributed by atoms with Crippen LogP contribution in [-0.4, -0.2) is 19.0 Å². The third-order valence-corrected chi connectivity index (χ3v) is 7.99. The molecule has 0 N–H and O–H groups in total. The van der Waals surface area contributed by atoms with Crippen molar-refractivity contribution in [1.29, 1.82) is 0 Å². The Balaban J connectivity index is 0.000000248. The summed E-state index contributed by atoms with van der Waals surface area (Å²) in [5.41, 5.74) is 4.33. The Kier molecular flexibility index (Phi) is 10.5. The fourth-order valence-electron chi connectivity index (χ4n) is 4.79. The van der Waals surface area contributed by atoms with Crippen molar-refractivity contribution in [1.82, 2.24) is 0 Å². The average molecular weight is 469 g/mol. The van der Waals surface area contributed by atoms with Crippen molar-refractivity contribution in [3.63, 3.8) is 0 Å². The zero-order chi connectivity index (χ0) is 24.1. The SMILES string of the molecule is CCCC[B-](c1ccccc1)(c1ccccc1)c1ccccc1.CCO[S+](C)c1ccccc1. The van der Waals surface area contributed by atoms with Crippen molar-refractivity contribution in [3.8, 4) is 0 Å². The number of hydrogen-bond donors (Lipinski definition) is 0. The molecule has 4 aromatic carbocycles. The molecular formula is C31H37BOS. The number of rotatable bonds is 9. The van der Waals surface area contributed by atoms with Crippen LogP contribution in [0, 0.1) is 0 Å². The van der Waals surface area contributed by atoms with Crippen molar-refractivity contribution < 1.29 is 4.18 Å². The molecule has 176 valence electrons. The highest BCUT2D eigenvalue weighted by Gasteiger charge is 2.28. The van der Waals surface area contributed by atoms with Crippen molar-refractivity contribution in [2.24, 2.45) is 0 Å². The minimum atomic E-state index is -0.913. The second-order valence-corrected chi connectivity index (χ2v) is 10.2. The summed E-state index contributed by atoms with van der Waals surface area (Å²) in [5, 5.41) is 0. The Bertz CT molecular complexity index is 959. The molecule has 4 rings (SSSR count). The maximum absolute atomic E-state index is 5.46. The van der Waals surface area contributed by atoms with Crippen LogP contribution < -0.4 is 16.4 Å². The van der Waals surface area contributed by atoms with Gasteiger partial charge >= 0.3 is 0 Å². The molecule has 0 fully saturated rings. The van der Waals surface area contributed by atoms with E-state index in [2.05, 4.69) is 116 Å². The van der Waals surface area contributed by atoms with E-state index in [1.165, 1.54) is 40.4 Å². The molecule has 3 heteroatoms. The molecule has 0 radical (unpaired) electrons. The van der Waals surface area contributed by atoms with Gasteiger partial charge in [0, 0.05) is 0 Å². The second-order valence-electron chi connectivity index (χ2n) is 8.59. The molecule has 1 unspecified atom stereocenters. The average Bonchev–Trinajstić information content (AvgIpc) is 2.92. The first-order valence-electron chi connectivity index (χ1n) is 12.4. The molecule has 4 aromatic rings. The van der Waals surface area contributed by atoms with Crippen LogP contribution in [-0.2, 0) is 15.4 Å². The molecule has 34 heavy (non-hydrogen) atoms. The highest BCUT2D eigenvalue weighted by atomic mass is 32.2. The molecule has 0 saturated carbocycles. The second kappa shape index (κ2) is 13.8. The van der Waals surface area contributed by atoms with Crippen LogP contribution in [0.3, 0.4) is 0 Å². The molecule has 0 bridgehead atoms. The minimum Gasteiger partial charge on any atom is -0.200 e. The summed E-state index contributed by atoms with van der Waals surface area (Å²) >= 11 is -0.0334. The summed E-state index contributed by atoms with van der Waals surface area (Å²) in [5.74, 6) is 0. The highest BCUT2D eigenvalue weighted by Crippen LogP contribution is 2.16. The third-order valence-electron chi connectivity index (χ3n) is 6.47. The zero-order valence-corrected chi connectivity index (χ0v) is 21.6. The molecule has 0 saturated heterocycles. The number of benzene rings is 4. The normalized spacial score (nSPS) is 11.9. The largest absolute Gasteiger partial charge is 0.200 e. The molecule has 1 atom stereocenters. The minimum absolute atomic E-state index is 0.0334. The van der Waals surface area contributed by atoms with Gasteiger partial charge in [-0.25, -0.2) is 0 Å². The lowest BCUT2D eigenvalue weighted by Crippen LogP contribution is -2.66. The number of unbranched alkanes of at least 4 members (excludes halogenated alkanes) is 1. The Hall–Kier alpha value is -2.75. The van der Waals surface area contributed by atoms with Gasteiger partial charge < -0.3 is 0 Å². The van der Waals surface area contributed by atoms with Crippen LogP contribution in [0.25, 0.3) is 0 Å². The monoisotopic (exact) mass is 468 g/mol. The topological polar surface area (TPSA) is 9.23 Å². The standard InChI is InChI=1S/C22H24B.C9H13OS/c1-2-3-19-23(20-13-7-4-8-14-20,21-15-9-5-10-16-21)22-17-11-6-12-18-22;1-3-10-11(2)9-7-5-4-6-8-9/h4-18H,2-3,19H2,1H3;4-8H,3H2,1-2H3/q-1;+1. The van der Waals surface area contributed by atoms with Crippen LogP contribution in [0.5, 0.6) is 0 Å². The van der Waals surface area contributed by atoms with E-state index in [0.717, 1.165) is 6.61 Å². The molecular weight excluding hydrogens is 431 g/mol. The van der Waals surface area contributed by atoms with Gasteiger partial charge in [-0.05, 0) is 19.1 Å². The van der Waals surface area contributed by atoms with E-state index in [1.54, 1.807) is 0 Å². The third kappa shape index (κ3) is 6.65. The van der Waals surface area contributed by atoms with Crippen LogP contribution >= 0.6 is 0 Å². The van der Waals surface area contributed by atoms with Crippen LogP contribution in [0.2, 0.25) is 6.32 Å². The first-order chi connectivity index (χ1) is 16.7. The maximum Gasteiger partial charge on any atom is 0.189 e. The smallest absolute Gasteiger partial charge is 0.189 e.